The Hall–Kier alpha value is -1.76. The van der Waals surface area contributed by atoms with Gasteiger partial charge in [0.05, 0.1) is 17.1 Å². The number of amides is 1. The quantitative estimate of drug-likeness (QED) is 0.397. The number of likely N-dealkylation sites (tertiary alicyclic amines) is 1. The molecule has 7 heteroatoms. The van der Waals surface area contributed by atoms with E-state index in [-0.39, 0.29) is 17.9 Å². The molecular weight excluding hydrogens is 487 g/mol. The first-order valence-corrected chi connectivity index (χ1v) is 11.8. The van der Waals surface area contributed by atoms with E-state index >= 15 is 0 Å². The number of rotatable bonds is 4. The third-order valence-corrected chi connectivity index (χ3v) is 7.53. The number of thiazole rings is 1. The van der Waals surface area contributed by atoms with Crippen molar-refractivity contribution in [2.45, 2.75) is 32.1 Å². The Morgan fingerprint density at radius 1 is 1.23 bits per heavy atom. The predicted octanol–water partition coefficient (Wildman–Crippen LogP) is 6.62. The molecule has 2 aromatic carbocycles. The molecule has 0 saturated carbocycles. The van der Waals surface area contributed by atoms with E-state index < -0.39 is 5.82 Å². The summed E-state index contributed by atoms with van der Waals surface area (Å²) >= 11 is 11.3. The molecule has 1 saturated heterocycles. The number of piperidine rings is 1. The molecule has 0 spiro atoms. The van der Waals surface area contributed by atoms with Crippen LogP contribution in [0.5, 0.6) is 0 Å². The fourth-order valence-corrected chi connectivity index (χ4v) is 5.41. The number of benzene rings is 2. The Balaban J connectivity index is 1.40. The van der Waals surface area contributed by atoms with Gasteiger partial charge in [0.2, 0.25) is 5.91 Å². The molecule has 0 atom stereocenters. The van der Waals surface area contributed by atoms with Crippen molar-refractivity contribution in [1.29, 1.82) is 0 Å². The Bertz CT molecular complexity index is 1040. The van der Waals surface area contributed by atoms with Gasteiger partial charge in [0, 0.05) is 44.5 Å². The second kappa shape index (κ2) is 9.16. The molecule has 3 nitrogen and oxygen atoms in total. The van der Waals surface area contributed by atoms with E-state index in [4.69, 9.17) is 16.6 Å². The van der Waals surface area contributed by atoms with E-state index in [9.17, 15) is 9.18 Å². The zero-order valence-electron chi connectivity index (χ0n) is 16.5. The van der Waals surface area contributed by atoms with Crippen LogP contribution in [0.1, 0.15) is 34.2 Å². The molecule has 0 unspecified atom stereocenters. The summed E-state index contributed by atoms with van der Waals surface area (Å²) < 4.78 is 15.0. The van der Waals surface area contributed by atoms with Crippen molar-refractivity contribution in [1.82, 2.24) is 9.88 Å². The number of halogens is 3. The van der Waals surface area contributed by atoms with Gasteiger partial charge in [-0.1, -0.05) is 45.7 Å². The number of nitrogens with zero attached hydrogens (tertiary/aromatic N) is 2. The van der Waals surface area contributed by atoms with Crippen LogP contribution in [0.2, 0.25) is 5.02 Å². The lowest BCUT2D eigenvalue weighted by molar-refractivity contribution is -0.131. The van der Waals surface area contributed by atoms with Crippen LogP contribution in [0.3, 0.4) is 0 Å². The van der Waals surface area contributed by atoms with Crippen LogP contribution in [0, 0.1) is 12.7 Å². The highest BCUT2D eigenvalue weighted by Crippen LogP contribution is 2.36. The van der Waals surface area contributed by atoms with Crippen LogP contribution < -0.4 is 0 Å². The number of carbonyl (C=O) groups is 1. The number of aryl methyl sites for hydroxylation is 1. The van der Waals surface area contributed by atoms with Crippen molar-refractivity contribution in [3.63, 3.8) is 0 Å². The van der Waals surface area contributed by atoms with Crippen LogP contribution in [-0.4, -0.2) is 28.9 Å². The first-order chi connectivity index (χ1) is 14.4. The minimum Gasteiger partial charge on any atom is -0.342 e. The van der Waals surface area contributed by atoms with Gasteiger partial charge in [0.1, 0.15) is 5.82 Å². The third kappa shape index (κ3) is 4.61. The maximum atomic E-state index is 14.0. The van der Waals surface area contributed by atoms with Gasteiger partial charge >= 0.3 is 0 Å². The first-order valence-electron chi connectivity index (χ1n) is 9.86. The molecule has 2 heterocycles. The van der Waals surface area contributed by atoms with E-state index in [1.165, 1.54) is 10.9 Å². The number of hydrogen-bond acceptors (Lipinski definition) is 3. The van der Waals surface area contributed by atoms with E-state index in [1.807, 2.05) is 17.0 Å². The van der Waals surface area contributed by atoms with Gasteiger partial charge in [-0.15, -0.1) is 11.3 Å². The molecule has 0 bridgehead atoms. The fourth-order valence-electron chi connectivity index (χ4n) is 3.81. The van der Waals surface area contributed by atoms with Gasteiger partial charge in [-0.3, -0.25) is 4.79 Å². The number of carbonyl (C=O) groups excluding carboxylic acids is 1. The van der Waals surface area contributed by atoms with Crippen LogP contribution in [0.4, 0.5) is 4.39 Å². The third-order valence-electron chi connectivity index (χ3n) is 5.52. The van der Waals surface area contributed by atoms with Gasteiger partial charge in [-0.05, 0) is 44.0 Å². The zero-order chi connectivity index (χ0) is 21.3. The summed E-state index contributed by atoms with van der Waals surface area (Å²) in [5.41, 5.74) is 2.43. The Morgan fingerprint density at radius 3 is 2.60 bits per heavy atom. The van der Waals surface area contributed by atoms with Gasteiger partial charge in [0.25, 0.3) is 0 Å². The molecule has 156 valence electrons. The van der Waals surface area contributed by atoms with Crippen LogP contribution >= 0.6 is 38.9 Å². The molecule has 0 aliphatic carbocycles. The maximum absolute atomic E-state index is 14.0. The van der Waals surface area contributed by atoms with Crippen LogP contribution in [-0.2, 0) is 11.2 Å². The second-order valence-corrected chi connectivity index (χ2v) is 10.1. The summed E-state index contributed by atoms with van der Waals surface area (Å²) in [7, 11) is 0. The average molecular weight is 508 g/mol. The summed E-state index contributed by atoms with van der Waals surface area (Å²) in [6.45, 7) is 3.42. The van der Waals surface area contributed by atoms with E-state index in [0.29, 0.717) is 24.0 Å². The van der Waals surface area contributed by atoms with E-state index in [0.717, 1.165) is 33.6 Å². The molecule has 1 aromatic heterocycles. The zero-order valence-corrected chi connectivity index (χ0v) is 19.7. The molecule has 1 aliphatic rings. The lowest BCUT2D eigenvalue weighted by atomic mass is 9.97. The highest BCUT2D eigenvalue weighted by molar-refractivity contribution is 9.10. The SMILES string of the molecule is Cc1sc(C2CCN(C(=O)Cc3c(F)cccc3Cl)CC2)nc1-c1ccc(Br)cc1. The van der Waals surface area contributed by atoms with E-state index in [1.54, 1.807) is 23.5 Å². The van der Waals surface area contributed by atoms with Gasteiger partial charge in [-0.25, -0.2) is 9.37 Å². The predicted molar refractivity (Wildman–Crippen MR) is 124 cm³/mol. The molecule has 3 aromatic rings. The van der Waals surface area contributed by atoms with Crippen molar-refractivity contribution in [2.24, 2.45) is 0 Å². The van der Waals surface area contributed by atoms with Gasteiger partial charge in [0.15, 0.2) is 0 Å². The largest absolute Gasteiger partial charge is 0.342 e. The molecule has 1 fully saturated rings. The van der Waals surface area contributed by atoms with Crippen LogP contribution in [0.15, 0.2) is 46.9 Å². The molecule has 0 N–H and O–H groups in total. The number of aromatic nitrogens is 1. The van der Waals surface area contributed by atoms with Crippen molar-refractivity contribution >= 4 is 44.8 Å². The lowest BCUT2D eigenvalue weighted by Gasteiger charge is -2.31. The van der Waals surface area contributed by atoms with Gasteiger partial charge < -0.3 is 4.90 Å². The van der Waals surface area contributed by atoms with Crippen molar-refractivity contribution in [2.75, 3.05) is 13.1 Å². The summed E-state index contributed by atoms with van der Waals surface area (Å²) in [5, 5.41) is 1.44. The Labute approximate surface area is 193 Å². The van der Waals surface area contributed by atoms with Crippen LogP contribution in [0.25, 0.3) is 11.3 Å². The van der Waals surface area contributed by atoms with Crippen molar-refractivity contribution in [3.8, 4) is 11.3 Å². The molecule has 1 amide bonds. The minimum atomic E-state index is -0.426. The summed E-state index contributed by atoms with van der Waals surface area (Å²) in [4.78, 5) is 20.6. The highest BCUT2D eigenvalue weighted by atomic mass is 79.9. The summed E-state index contributed by atoms with van der Waals surface area (Å²) in [6.07, 6.45) is 1.73. The minimum absolute atomic E-state index is 0.000246. The molecule has 30 heavy (non-hydrogen) atoms. The highest BCUT2D eigenvalue weighted by Gasteiger charge is 2.27. The summed E-state index contributed by atoms with van der Waals surface area (Å²) in [5.74, 6) is -0.158. The Morgan fingerprint density at radius 2 is 1.93 bits per heavy atom. The second-order valence-electron chi connectivity index (χ2n) is 7.50. The monoisotopic (exact) mass is 506 g/mol. The van der Waals surface area contributed by atoms with Crippen molar-refractivity contribution in [3.05, 3.63) is 73.2 Å². The average Bonchev–Trinajstić information content (AvgIpc) is 3.13. The first kappa shape index (κ1) is 21.5. The molecule has 1 aliphatic heterocycles. The van der Waals surface area contributed by atoms with Crippen molar-refractivity contribution < 1.29 is 9.18 Å². The normalized spacial score (nSPS) is 14.9. The molecular formula is C23H21BrClFN2OS. The fraction of sp³-hybridized carbons (Fsp3) is 0.304. The standard InChI is InChI=1S/C23H21BrClFN2OS/c1-14-22(15-5-7-17(24)8-6-15)27-23(30-14)16-9-11-28(12-10-16)21(29)13-18-19(25)3-2-4-20(18)26/h2-8,16H,9-13H2,1H3. The molecule has 0 radical (unpaired) electrons. The smallest absolute Gasteiger partial charge is 0.227 e. The number of hydrogen-bond donors (Lipinski definition) is 0. The van der Waals surface area contributed by atoms with E-state index in [2.05, 4.69) is 35.0 Å². The van der Waals surface area contributed by atoms with Gasteiger partial charge in [-0.2, -0.15) is 0 Å². The topological polar surface area (TPSA) is 33.2 Å². The lowest BCUT2D eigenvalue weighted by Crippen LogP contribution is -2.39. The Kier molecular flexibility index (Phi) is 6.56. The maximum Gasteiger partial charge on any atom is 0.227 e. The summed E-state index contributed by atoms with van der Waals surface area (Å²) in [6, 6.07) is 12.7. The molecule has 4 rings (SSSR count).